The van der Waals surface area contributed by atoms with Crippen LogP contribution < -0.4 is 4.74 Å². The first-order chi connectivity index (χ1) is 10.7. The van der Waals surface area contributed by atoms with Gasteiger partial charge >= 0.3 is 0 Å². The summed E-state index contributed by atoms with van der Waals surface area (Å²) in [7, 11) is 1.67. The van der Waals surface area contributed by atoms with E-state index >= 15 is 0 Å². The van der Waals surface area contributed by atoms with Crippen LogP contribution in [0.25, 0.3) is 10.4 Å². The minimum absolute atomic E-state index is 0.555. The van der Waals surface area contributed by atoms with Crippen molar-refractivity contribution in [3.05, 3.63) is 41.3 Å². The second kappa shape index (κ2) is 8.93. The van der Waals surface area contributed by atoms with E-state index in [2.05, 4.69) is 38.1 Å². The number of rotatable bonds is 9. The monoisotopic (exact) mass is 320 g/mol. The van der Waals surface area contributed by atoms with Crippen molar-refractivity contribution in [2.75, 3.05) is 33.5 Å². The van der Waals surface area contributed by atoms with Gasteiger partial charge in [-0.1, -0.05) is 13.8 Å². The molecule has 0 aliphatic heterocycles. The summed E-state index contributed by atoms with van der Waals surface area (Å²) in [5.41, 5.74) is 1.24. The standard InChI is InChI=1S/C18H24O3S/c1-14(2)17-8-9-18(22-17)15-4-6-16(7-5-15)21-13-12-20-11-10-19-3/h4-9,14H,10-13H2,1-3H3. The van der Waals surface area contributed by atoms with Gasteiger partial charge in [-0.05, 0) is 47.9 Å². The Bertz CT molecular complexity index is 546. The lowest BCUT2D eigenvalue weighted by molar-refractivity contribution is 0.0544. The molecule has 2 rings (SSSR count). The molecule has 0 saturated heterocycles. The molecule has 1 aromatic carbocycles. The van der Waals surface area contributed by atoms with Crippen LogP contribution in [0, 0.1) is 0 Å². The van der Waals surface area contributed by atoms with Crippen LogP contribution in [0.4, 0.5) is 0 Å². The third kappa shape index (κ3) is 5.13. The molecule has 1 heterocycles. The van der Waals surface area contributed by atoms with Gasteiger partial charge < -0.3 is 14.2 Å². The van der Waals surface area contributed by atoms with Crippen LogP contribution in [0.3, 0.4) is 0 Å². The van der Waals surface area contributed by atoms with Gasteiger partial charge in [-0.15, -0.1) is 11.3 Å². The lowest BCUT2D eigenvalue weighted by Gasteiger charge is -2.07. The summed E-state index contributed by atoms with van der Waals surface area (Å²) in [6.07, 6.45) is 0. The fourth-order valence-corrected chi connectivity index (χ4v) is 3.01. The van der Waals surface area contributed by atoms with E-state index in [-0.39, 0.29) is 0 Å². The van der Waals surface area contributed by atoms with E-state index in [9.17, 15) is 0 Å². The zero-order valence-electron chi connectivity index (χ0n) is 13.5. The number of hydrogen-bond donors (Lipinski definition) is 0. The first-order valence-electron chi connectivity index (χ1n) is 7.60. The van der Waals surface area contributed by atoms with Gasteiger partial charge in [0.25, 0.3) is 0 Å². The molecule has 0 radical (unpaired) electrons. The predicted octanol–water partition coefficient (Wildman–Crippen LogP) is 4.58. The number of benzene rings is 1. The Balaban J connectivity index is 1.82. The second-order valence-corrected chi connectivity index (χ2v) is 6.45. The van der Waals surface area contributed by atoms with Crippen molar-refractivity contribution in [2.45, 2.75) is 19.8 Å². The average Bonchev–Trinajstić information content (AvgIpc) is 3.01. The first-order valence-corrected chi connectivity index (χ1v) is 8.42. The maximum absolute atomic E-state index is 5.66. The van der Waals surface area contributed by atoms with E-state index in [1.807, 2.05) is 23.5 Å². The van der Waals surface area contributed by atoms with Crippen molar-refractivity contribution < 1.29 is 14.2 Å². The Morgan fingerprint density at radius 3 is 2.27 bits per heavy atom. The molecule has 0 N–H and O–H groups in total. The van der Waals surface area contributed by atoms with Gasteiger partial charge in [0.15, 0.2) is 0 Å². The summed E-state index contributed by atoms with van der Waals surface area (Å²) in [5, 5.41) is 0. The van der Waals surface area contributed by atoms with Crippen LogP contribution in [0.1, 0.15) is 24.6 Å². The third-order valence-corrected chi connectivity index (χ3v) is 4.70. The van der Waals surface area contributed by atoms with E-state index < -0.39 is 0 Å². The Labute approximate surface area is 136 Å². The Morgan fingerprint density at radius 1 is 0.909 bits per heavy atom. The largest absolute Gasteiger partial charge is 0.491 e. The molecule has 0 spiro atoms. The van der Waals surface area contributed by atoms with Crippen LogP contribution in [0.5, 0.6) is 5.75 Å². The van der Waals surface area contributed by atoms with Gasteiger partial charge in [0.2, 0.25) is 0 Å². The van der Waals surface area contributed by atoms with E-state index in [1.165, 1.54) is 15.3 Å². The fraction of sp³-hybridized carbons (Fsp3) is 0.444. The molecule has 0 unspecified atom stereocenters. The van der Waals surface area contributed by atoms with Crippen LogP contribution in [-0.4, -0.2) is 33.5 Å². The summed E-state index contributed by atoms with van der Waals surface area (Å²) >= 11 is 1.86. The highest BCUT2D eigenvalue weighted by Gasteiger charge is 2.06. The molecule has 22 heavy (non-hydrogen) atoms. The zero-order valence-corrected chi connectivity index (χ0v) is 14.3. The smallest absolute Gasteiger partial charge is 0.119 e. The van der Waals surface area contributed by atoms with Crippen molar-refractivity contribution in [3.8, 4) is 16.2 Å². The van der Waals surface area contributed by atoms with Crippen LogP contribution in [-0.2, 0) is 9.47 Å². The molecule has 0 aliphatic carbocycles. The predicted molar refractivity (Wildman–Crippen MR) is 92.0 cm³/mol. The van der Waals surface area contributed by atoms with Crippen molar-refractivity contribution in [1.82, 2.24) is 0 Å². The van der Waals surface area contributed by atoms with E-state index in [0.29, 0.717) is 32.3 Å². The van der Waals surface area contributed by atoms with E-state index in [1.54, 1.807) is 7.11 Å². The maximum atomic E-state index is 5.66. The molecule has 0 amide bonds. The molecular weight excluding hydrogens is 296 g/mol. The highest BCUT2D eigenvalue weighted by Crippen LogP contribution is 2.32. The SMILES string of the molecule is COCCOCCOc1ccc(-c2ccc(C(C)C)s2)cc1. The molecule has 3 nitrogen and oxygen atoms in total. The summed E-state index contributed by atoms with van der Waals surface area (Å²) < 4.78 is 15.9. The molecule has 1 aromatic heterocycles. The molecule has 120 valence electrons. The number of hydrogen-bond acceptors (Lipinski definition) is 4. The lowest BCUT2D eigenvalue weighted by Crippen LogP contribution is -2.09. The Kier molecular flexibility index (Phi) is 6.90. The number of methoxy groups -OCH3 is 1. The van der Waals surface area contributed by atoms with E-state index in [0.717, 1.165) is 5.75 Å². The summed E-state index contributed by atoms with van der Waals surface area (Å²) in [6.45, 7) is 6.80. The maximum Gasteiger partial charge on any atom is 0.119 e. The van der Waals surface area contributed by atoms with Gasteiger partial charge in [-0.25, -0.2) is 0 Å². The minimum atomic E-state index is 0.555. The highest BCUT2D eigenvalue weighted by atomic mass is 32.1. The van der Waals surface area contributed by atoms with Gasteiger partial charge in [-0.3, -0.25) is 0 Å². The van der Waals surface area contributed by atoms with Crippen LogP contribution in [0.15, 0.2) is 36.4 Å². The van der Waals surface area contributed by atoms with Gasteiger partial charge in [0.1, 0.15) is 12.4 Å². The zero-order chi connectivity index (χ0) is 15.8. The lowest BCUT2D eigenvalue weighted by atomic mass is 10.1. The quantitative estimate of drug-likeness (QED) is 0.633. The highest BCUT2D eigenvalue weighted by molar-refractivity contribution is 7.15. The molecule has 0 fully saturated rings. The molecule has 0 bridgehead atoms. The molecule has 0 aliphatic rings. The van der Waals surface area contributed by atoms with Crippen LogP contribution in [0.2, 0.25) is 0 Å². The van der Waals surface area contributed by atoms with Crippen LogP contribution >= 0.6 is 11.3 Å². The number of thiophene rings is 1. The average molecular weight is 320 g/mol. The van der Waals surface area contributed by atoms with Gasteiger partial charge in [-0.2, -0.15) is 0 Å². The van der Waals surface area contributed by atoms with Gasteiger partial charge in [0, 0.05) is 16.9 Å². The van der Waals surface area contributed by atoms with Crippen molar-refractivity contribution in [2.24, 2.45) is 0 Å². The van der Waals surface area contributed by atoms with Crippen molar-refractivity contribution >= 4 is 11.3 Å². The van der Waals surface area contributed by atoms with Gasteiger partial charge in [0.05, 0.1) is 19.8 Å². The Morgan fingerprint density at radius 2 is 1.64 bits per heavy atom. The van der Waals surface area contributed by atoms with Crippen molar-refractivity contribution in [3.63, 3.8) is 0 Å². The fourth-order valence-electron chi connectivity index (χ4n) is 2.00. The summed E-state index contributed by atoms with van der Waals surface area (Å²) in [6, 6.07) is 12.7. The second-order valence-electron chi connectivity index (χ2n) is 5.33. The van der Waals surface area contributed by atoms with Crippen molar-refractivity contribution in [1.29, 1.82) is 0 Å². The number of ether oxygens (including phenoxy) is 3. The Hall–Kier alpha value is -1.36. The minimum Gasteiger partial charge on any atom is -0.491 e. The first kappa shape index (κ1) is 17.0. The molecule has 0 atom stereocenters. The molecular formula is C18H24O3S. The normalized spacial score (nSPS) is 11.1. The molecule has 2 aromatic rings. The molecule has 0 saturated carbocycles. The molecule has 4 heteroatoms. The summed E-state index contributed by atoms with van der Waals surface area (Å²) in [5.74, 6) is 1.46. The van der Waals surface area contributed by atoms with E-state index in [4.69, 9.17) is 14.2 Å². The topological polar surface area (TPSA) is 27.7 Å². The third-order valence-electron chi connectivity index (χ3n) is 3.26. The summed E-state index contributed by atoms with van der Waals surface area (Å²) in [4.78, 5) is 2.72.